The van der Waals surface area contributed by atoms with Crippen LogP contribution in [0.25, 0.3) is 0 Å². The van der Waals surface area contributed by atoms with Crippen molar-refractivity contribution in [3.8, 4) is 6.07 Å². The maximum absolute atomic E-state index is 9.02. The first kappa shape index (κ1) is 10.0. The van der Waals surface area contributed by atoms with Crippen LogP contribution in [0.2, 0.25) is 0 Å². The van der Waals surface area contributed by atoms with E-state index in [1.54, 1.807) is 11.3 Å². The molecule has 1 heterocycles. The highest BCUT2D eigenvalue weighted by atomic mass is 79.9. The van der Waals surface area contributed by atoms with Gasteiger partial charge in [-0.15, -0.1) is 11.3 Å². The Balaban J connectivity index is 1.91. The molecule has 0 aliphatic heterocycles. The van der Waals surface area contributed by atoms with Crippen molar-refractivity contribution in [1.29, 1.82) is 5.26 Å². The minimum Gasteiger partial charge on any atom is -0.375 e. The van der Waals surface area contributed by atoms with Gasteiger partial charge in [-0.25, -0.2) is 0 Å². The summed E-state index contributed by atoms with van der Waals surface area (Å²) in [5, 5.41) is 13.5. The van der Waals surface area contributed by atoms with Gasteiger partial charge in [0.25, 0.3) is 0 Å². The second kappa shape index (κ2) is 3.92. The van der Waals surface area contributed by atoms with Crippen LogP contribution in [-0.4, -0.2) is 6.54 Å². The van der Waals surface area contributed by atoms with Crippen molar-refractivity contribution in [3.05, 3.63) is 15.9 Å². The lowest BCUT2D eigenvalue weighted by atomic mass is 9.70. The molecule has 0 aromatic carbocycles. The Morgan fingerprint density at radius 2 is 2.36 bits per heavy atom. The Morgan fingerprint density at radius 3 is 2.79 bits per heavy atom. The topological polar surface area (TPSA) is 35.8 Å². The molecule has 0 saturated heterocycles. The van der Waals surface area contributed by atoms with Crippen molar-refractivity contribution in [2.45, 2.75) is 19.3 Å². The number of nitrogens with zero attached hydrogens (tertiary/aromatic N) is 1. The molecule has 1 aromatic rings. The molecule has 1 saturated carbocycles. The van der Waals surface area contributed by atoms with E-state index in [1.807, 2.05) is 12.1 Å². The van der Waals surface area contributed by atoms with Gasteiger partial charge in [0.05, 0.1) is 20.3 Å². The van der Waals surface area contributed by atoms with Crippen LogP contribution >= 0.6 is 27.3 Å². The summed E-state index contributed by atoms with van der Waals surface area (Å²) < 4.78 is 1.12. The number of anilines is 1. The van der Waals surface area contributed by atoms with Crippen LogP contribution in [0.5, 0.6) is 0 Å². The Hall–Kier alpha value is -0.530. The van der Waals surface area contributed by atoms with E-state index in [-0.39, 0.29) is 5.41 Å². The van der Waals surface area contributed by atoms with Gasteiger partial charge in [0, 0.05) is 6.54 Å². The van der Waals surface area contributed by atoms with Crippen LogP contribution in [0.15, 0.2) is 15.9 Å². The van der Waals surface area contributed by atoms with E-state index in [0.29, 0.717) is 0 Å². The van der Waals surface area contributed by atoms with Crippen molar-refractivity contribution in [2.24, 2.45) is 5.41 Å². The van der Waals surface area contributed by atoms with Gasteiger partial charge in [-0.1, -0.05) is 6.42 Å². The van der Waals surface area contributed by atoms with Crippen molar-refractivity contribution < 1.29 is 0 Å². The summed E-state index contributed by atoms with van der Waals surface area (Å²) in [7, 11) is 0. The minimum atomic E-state index is -0.0868. The van der Waals surface area contributed by atoms with E-state index < -0.39 is 0 Å². The molecular weight excluding hydrogens is 260 g/mol. The normalized spacial score (nSPS) is 18.3. The summed E-state index contributed by atoms with van der Waals surface area (Å²) >= 11 is 5.08. The summed E-state index contributed by atoms with van der Waals surface area (Å²) in [6, 6.07) is 6.48. The summed E-state index contributed by atoms with van der Waals surface area (Å²) in [6.45, 7) is 0.788. The molecule has 1 N–H and O–H groups in total. The van der Waals surface area contributed by atoms with Crippen molar-refractivity contribution in [1.82, 2.24) is 0 Å². The Morgan fingerprint density at radius 1 is 1.57 bits per heavy atom. The molecule has 0 spiro atoms. The fourth-order valence-corrected chi connectivity index (χ4v) is 2.88. The number of hydrogen-bond donors (Lipinski definition) is 1. The summed E-state index contributed by atoms with van der Waals surface area (Å²) in [5.41, 5.74) is -0.0868. The van der Waals surface area contributed by atoms with Gasteiger partial charge in [-0.05, 0) is 40.9 Å². The highest BCUT2D eigenvalue weighted by Crippen LogP contribution is 2.40. The third-order valence-corrected chi connectivity index (χ3v) is 4.30. The molecule has 1 aromatic heterocycles. The molecule has 4 heteroatoms. The van der Waals surface area contributed by atoms with E-state index in [2.05, 4.69) is 27.3 Å². The average Bonchev–Trinajstić information content (AvgIpc) is 2.50. The summed E-state index contributed by atoms with van der Waals surface area (Å²) in [5.74, 6) is 0. The molecule has 14 heavy (non-hydrogen) atoms. The molecule has 1 fully saturated rings. The minimum absolute atomic E-state index is 0.0868. The van der Waals surface area contributed by atoms with Gasteiger partial charge < -0.3 is 5.32 Å². The van der Waals surface area contributed by atoms with Gasteiger partial charge in [-0.3, -0.25) is 0 Å². The molecular formula is C10H11BrN2S. The van der Waals surface area contributed by atoms with Crippen LogP contribution in [-0.2, 0) is 0 Å². The van der Waals surface area contributed by atoms with E-state index in [9.17, 15) is 0 Å². The number of nitrogens with one attached hydrogen (secondary N) is 1. The number of nitriles is 1. The quantitative estimate of drug-likeness (QED) is 0.911. The fraction of sp³-hybridized carbons (Fsp3) is 0.500. The SMILES string of the molecule is N#CC1(CNc2ccc(Br)s2)CCC1. The van der Waals surface area contributed by atoms with Gasteiger partial charge in [-0.2, -0.15) is 5.26 Å². The van der Waals surface area contributed by atoms with Crippen molar-refractivity contribution in [2.75, 3.05) is 11.9 Å². The zero-order valence-corrected chi connectivity index (χ0v) is 10.1. The van der Waals surface area contributed by atoms with E-state index in [0.717, 1.165) is 28.2 Å². The third kappa shape index (κ3) is 1.94. The maximum atomic E-state index is 9.02. The molecule has 0 bridgehead atoms. The highest BCUT2D eigenvalue weighted by Gasteiger charge is 2.36. The predicted molar refractivity (Wildman–Crippen MR) is 62.4 cm³/mol. The molecule has 74 valence electrons. The lowest BCUT2D eigenvalue weighted by Crippen LogP contribution is -2.34. The van der Waals surface area contributed by atoms with Gasteiger partial charge in [0.1, 0.15) is 0 Å². The molecule has 0 atom stereocenters. The highest BCUT2D eigenvalue weighted by molar-refractivity contribution is 9.11. The lowest BCUT2D eigenvalue weighted by Gasteiger charge is -2.35. The van der Waals surface area contributed by atoms with Crippen LogP contribution in [0.4, 0.5) is 5.00 Å². The molecule has 2 rings (SSSR count). The van der Waals surface area contributed by atoms with Crippen LogP contribution in [0, 0.1) is 16.7 Å². The lowest BCUT2D eigenvalue weighted by molar-refractivity contribution is 0.233. The van der Waals surface area contributed by atoms with Gasteiger partial charge in [0.15, 0.2) is 0 Å². The molecule has 0 radical (unpaired) electrons. The number of halogens is 1. The Bertz CT molecular complexity index is 362. The molecule has 1 aliphatic carbocycles. The monoisotopic (exact) mass is 270 g/mol. The zero-order valence-electron chi connectivity index (χ0n) is 7.72. The largest absolute Gasteiger partial charge is 0.375 e. The van der Waals surface area contributed by atoms with Crippen molar-refractivity contribution in [3.63, 3.8) is 0 Å². The smallest absolute Gasteiger partial charge is 0.0894 e. The molecule has 0 amide bonds. The Labute approximate surface area is 96.1 Å². The molecule has 2 nitrogen and oxygen atoms in total. The summed E-state index contributed by atoms with van der Waals surface area (Å²) in [4.78, 5) is 0. The first-order chi connectivity index (χ1) is 6.74. The first-order valence-electron chi connectivity index (χ1n) is 4.65. The zero-order chi connectivity index (χ0) is 10.0. The average molecular weight is 271 g/mol. The third-order valence-electron chi connectivity index (χ3n) is 2.72. The van der Waals surface area contributed by atoms with Crippen molar-refractivity contribution >= 4 is 32.3 Å². The summed E-state index contributed by atoms with van der Waals surface area (Å²) in [6.07, 6.45) is 3.29. The number of hydrogen-bond acceptors (Lipinski definition) is 3. The van der Waals surface area contributed by atoms with Gasteiger partial charge >= 0.3 is 0 Å². The second-order valence-electron chi connectivity index (χ2n) is 3.70. The predicted octanol–water partition coefficient (Wildman–Crippen LogP) is 3.62. The van der Waals surface area contributed by atoms with Crippen LogP contribution in [0.3, 0.4) is 0 Å². The Kier molecular flexibility index (Phi) is 2.80. The maximum Gasteiger partial charge on any atom is 0.0894 e. The van der Waals surface area contributed by atoms with Gasteiger partial charge in [0.2, 0.25) is 0 Å². The van der Waals surface area contributed by atoms with E-state index >= 15 is 0 Å². The standard InChI is InChI=1S/C10H11BrN2S/c11-8-2-3-9(14-8)13-7-10(6-12)4-1-5-10/h2-3,13H,1,4-5,7H2. The van der Waals surface area contributed by atoms with E-state index in [4.69, 9.17) is 5.26 Å². The number of rotatable bonds is 3. The van der Waals surface area contributed by atoms with Crippen LogP contribution < -0.4 is 5.32 Å². The molecule has 1 aliphatic rings. The molecule has 0 unspecified atom stereocenters. The van der Waals surface area contributed by atoms with E-state index in [1.165, 1.54) is 6.42 Å². The first-order valence-corrected chi connectivity index (χ1v) is 6.26. The fourth-order valence-electron chi connectivity index (χ4n) is 1.60. The van der Waals surface area contributed by atoms with Crippen LogP contribution in [0.1, 0.15) is 19.3 Å². The number of thiophene rings is 1. The second-order valence-corrected chi connectivity index (χ2v) is 6.17.